The summed E-state index contributed by atoms with van der Waals surface area (Å²) in [7, 11) is -0.841. The number of carbonyl (C=O) groups is 3. The van der Waals surface area contributed by atoms with E-state index in [0.29, 0.717) is 62.5 Å². The van der Waals surface area contributed by atoms with Crippen LogP contribution >= 0.6 is 0 Å². The van der Waals surface area contributed by atoms with Gasteiger partial charge in [0.05, 0.1) is 49.0 Å². The van der Waals surface area contributed by atoms with Crippen LogP contribution < -0.4 is 14.8 Å². The van der Waals surface area contributed by atoms with Crippen molar-refractivity contribution in [2.24, 2.45) is 5.92 Å². The normalized spacial score (nSPS) is 19.6. The number of nitrogens with zero attached hydrogens (tertiary/aromatic N) is 2. The molecule has 0 bridgehead atoms. The summed E-state index contributed by atoms with van der Waals surface area (Å²) in [6.45, 7) is 7.95. The van der Waals surface area contributed by atoms with E-state index in [9.17, 15) is 27.9 Å². The maximum absolute atomic E-state index is 14.4. The lowest BCUT2D eigenvalue weighted by molar-refractivity contribution is -0.143. The topological polar surface area (TPSA) is 161 Å². The molecule has 0 fully saturated rings. The number of ether oxygens (including phenoxy) is 4. The van der Waals surface area contributed by atoms with Crippen LogP contribution in [0.1, 0.15) is 89.4 Å². The first-order valence-corrected chi connectivity index (χ1v) is 19.6. The Labute approximate surface area is 309 Å². The summed E-state index contributed by atoms with van der Waals surface area (Å²) >= 11 is 0. The number of likely N-dealkylation sites (N-methyl/N-ethyl adjacent to an activating group) is 1. The molecule has 2 aromatic rings. The minimum Gasteiger partial charge on any atom is -0.497 e. The van der Waals surface area contributed by atoms with Crippen LogP contribution in [-0.4, -0.2) is 106 Å². The van der Waals surface area contributed by atoms with Crippen molar-refractivity contribution in [1.82, 2.24) is 9.21 Å². The predicted molar refractivity (Wildman–Crippen MR) is 198 cm³/mol. The molecule has 3 rings (SSSR count). The zero-order valence-corrected chi connectivity index (χ0v) is 32.3. The van der Waals surface area contributed by atoms with Crippen molar-refractivity contribution in [3.8, 4) is 11.5 Å². The van der Waals surface area contributed by atoms with Gasteiger partial charge in [-0.3, -0.25) is 14.4 Å². The second-order valence-electron chi connectivity index (χ2n) is 13.4. The van der Waals surface area contributed by atoms with Crippen LogP contribution in [0.2, 0.25) is 0 Å². The molecule has 4 atom stereocenters. The number of benzene rings is 2. The fourth-order valence-electron chi connectivity index (χ4n) is 5.93. The van der Waals surface area contributed by atoms with Crippen molar-refractivity contribution >= 4 is 33.5 Å². The van der Waals surface area contributed by atoms with Crippen LogP contribution in [0.3, 0.4) is 0 Å². The van der Waals surface area contributed by atoms with Crippen LogP contribution in [0, 0.1) is 5.92 Å². The number of amides is 2. The molecule has 2 aromatic carbocycles. The Balaban J connectivity index is 1.84. The largest absolute Gasteiger partial charge is 0.497 e. The van der Waals surface area contributed by atoms with Crippen molar-refractivity contribution in [2.45, 2.75) is 102 Å². The molecule has 2 N–H and O–H groups in total. The van der Waals surface area contributed by atoms with E-state index in [4.69, 9.17) is 18.9 Å². The van der Waals surface area contributed by atoms with Gasteiger partial charge >= 0.3 is 5.97 Å². The van der Waals surface area contributed by atoms with Crippen LogP contribution in [-0.2, 0) is 29.1 Å². The van der Waals surface area contributed by atoms with E-state index in [-0.39, 0.29) is 60.5 Å². The number of hydrogen-bond acceptors (Lipinski definition) is 10. The highest BCUT2D eigenvalue weighted by molar-refractivity contribution is 7.89. The van der Waals surface area contributed by atoms with Gasteiger partial charge in [0.25, 0.3) is 5.91 Å². The highest BCUT2D eigenvalue weighted by Gasteiger charge is 2.32. The third-order valence-electron chi connectivity index (χ3n) is 9.13. The number of fused-ring (bicyclic) bond motifs is 1. The van der Waals surface area contributed by atoms with Gasteiger partial charge in [-0.2, -0.15) is 4.31 Å². The maximum Gasteiger partial charge on any atom is 0.305 e. The Morgan fingerprint density at radius 3 is 2.46 bits per heavy atom. The molecule has 1 heterocycles. The molecular formula is C38H57N3O10S. The number of anilines is 1. The monoisotopic (exact) mass is 747 g/mol. The zero-order valence-electron chi connectivity index (χ0n) is 31.5. The maximum atomic E-state index is 14.4. The summed E-state index contributed by atoms with van der Waals surface area (Å²) < 4.78 is 51.1. The first kappa shape index (κ1) is 42.7. The summed E-state index contributed by atoms with van der Waals surface area (Å²) in [5.74, 6) is -0.299. The van der Waals surface area contributed by atoms with Crippen LogP contribution in [0.4, 0.5) is 5.69 Å². The molecule has 0 saturated heterocycles. The Kier molecular flexibility index (Phi) is 17.3. The predicted octanol–water partition coefficient (Wildman–Crippen LogP) is 5.26. The Morgan fingerprint density at radius 1 is 1.08 bits per heavy atom. The second-order valence-corrected chi connectivity index (χ2v) is 15.4. The van der Waals surface area contributed by atoms with E-state index in [1.807, 2.05) is 13.8 Å². The van der Waals surface area contributed by atoms with Crippen molar-refractivity contribution < 1.29 is 46.9 Å². The molecule has 0 unspecified atom stereocenters. The average molecular weight is 748 g/mol. The number of nitrogens with one attached hydrogen (secondary N) is 1. The van der Waals surface area contributed by atoms with E-state index < -0.39 is 28.1 Å². The average Bonchev–Trinajstić information content (AvgIpc) is 3.12. The first-order valence-electron chi connectivity index (χ1n) is 18.2. The van der Waals surface area contributed by atoms with Gasteiger partial charge in [0.15, 0.2) is 0 Å². The lowest BCUT2D eigenvalue weighted by atomic mass is 10.0. The quantitative estimate of drug-likeness (QED) is 0.182. The van der Waals surface area contributed by atoms with Gasteiger partial charge in [0.1, 0.15) is 11.5 Å². The van der Waals surface area contributed by atoms with E-state index in [1.165, 1.54) is 30.6 Å². The molecule has 0 spiro atoms. The van der Waals surface area contributed by atoms with E-state index in [0.717, 1.165) is 12.8 Å². The van der Waals surface area contributed by atoms with Crippen molar-refractivity contribution in [3.63, 3.8) is 0 Å². The highest BCUT2D eigenvalue weighted by Crippen LogP contribution is 2.29. The molecule has 14 heteroatoms. The standard InChI is InChI=1S/C38H57N3O10S/c1-7-49-37(44)15-10-8-9-14-36(43)39-30-16-21-34-33(23-30)38(45)41(28(3)26-42)24-27(2)35(50-22-12-11-13-29(4)51-34)25-40(5)52(46,47)32-19-17-31(48-6)18-20-32/h16-21,23,27-29,35,42H,7-15,22,24-26H2,1-6H3,(H,39,43)/t27-,28-,29-,35-/m0/s1. The van der Waals surface area contributed by atoms with Crippen molar-refractivity contribution in [1.29, 1.82) is 0 Å². The molecular weight excluding hydrogens is 690 g/mol. The molecule has 0 radical (unpaired) electrons. The van der Waals surface area contributed by atoms with Crippen LogP contribution in [0.25, 0.3) is 0 Å². The molecule has 1 aliphatic rings. The third-order valence-corrected chi connectivity index (χ3v) is 11.0. The van der Waals surface area contributed by atoms with Gasteiger partial charge in [0.2, 0.25) is 15.9 Å². The fourth-order valence-corrected chi connectivity index (χ4v) is 7.11. The minimum absolute atomic E-state index is 0.0418. The van der Waals surface area contributed by atoms with Crippen LogP contribution in [0.15, 0.2) is 47.4 Å². The number of sulfonamides is 1. The number of esters is 1. The summed E-state index contributed by atoms with van der Waals surface area (Å²) in [5.41, 5.74) is 0.664. The summed E-state index contributed by atoms with van der Waals surface area (Å²) in [6.07, 6.45) is 3.87. The Hall–Kier alpha value is -3.72. The molecule has 290 valence electrons. The number of methoxy groups -OCH3 is 1. The van der Waals surface area contributed by atoms with E-state index in [1.54, 1.807) is 49.1 Å². The van der Waals surface area contributed by atoms with Gasteiger partial charge in [-0.05, 0) is 95.3 Å². The lowest BCUT2D eigenvalue weighted by Gasteiger charge is -2.35. The SMILES string of the molecule is CCOC(=O)CCCCCC(=O)Nc1ccc2c(c1)C(=O)N([C@@H](C)CO)C[C@H](C)[C@H](CN(C)S(=O)(=O)c1ccc(OC)cc1)OCCCC[C@H](C)O2. The Bertz CT molecular complexity index is 1550. The summed E-state index contributed by atoms with van der Waals surface area (Å²) in [6, 6.07) is 10.6. The Morgan fingerprint density at radius 2 is 1.79 bits per heavy atom. The zero-order chi connectivity index (χ0) is 38.3. The van der Waals surface area contributed by atoms with Gasteiger partial charge in [0, 0.05) is 51.2 Å². The molecule has 0 saturated carbocycles. The van der Waals surface area contributed by atoms with E-state index in [2.05, 4.69) is 5.32 Å². The van der Waals surface area contributed by atoms with Gasteiger partial charge in [-0.1, -0.05) is 13.3 Å². The van der Waals surface area contributed by atoms with Gasteiger partial charge < -0.3 is 34.3 Å². The number of unbranched alkanes of at least 4 members (excludes halogenated alkanes) is 2. The smallest absolute Gasteiger partial charge is 0.305 e. The second kappa shape index (κ2) is 21.1. The van der Waals surface area contributed by atoms with Crippen molar-refractivity contribution in [3.05, 3.63) is 48.0 Å². The summed E-state index contributed by atoms with van der Waals surface area (Å²) in [5, 5.41) is 13.1. The minimum atomic E-state index is -3.86. The molecule has 0 aliphatic carbocycles. The third kappa shape index (κ3) is 12.7. The molecule has 2 amide bonds. The van der Waals surface area contributed by atoms with Crippen LogP contribution in [0.5, 0.6) is 11.5 Å². The highest BCUT2D eigenvalue weighted by atomic mass is 32.2. The lowest BCUT2D eigenvalue weighted by Crippen LogP contribution is -2.48. The number of rotatable bonds is 15. The van der Waals surface area contributed by atoms with Gasteiger partial charge in [-0.15, -0.1) is 0 Å². The molecule has 13 nitrogen and oxygen atoms in total. The molecule has 0 aromatic heterocycles. The van der Waals surface area contributed by atoms with Crippen molar-refractivity contribution in [2.75, 3.05) is 52.4 Å². The summed E-state index contributed by atoms with van der Waals surface area (Å²) in [4.78, 5) is 40.5. The first-order chi connectivity index (χ1) is 24.8. The van der Waals surface area contributed by atoms with E-state index >= 15 is 0 Å². The molecule has 52 heavy (non-hydrogen) atoms. The number of hydrogen-bond donors (Lipinski definition) is 2. The molecule has 1 aliphatic heterocycles. The van der Waals surface area contributed by atoms with Gasteiger partial charge in [-0.25, -0.2) is 8.42 Å². The number of carbonyl (C=O) groups excluding carboxylic acids is 3. The number of aliphatic hydroxyl groups excluding tert-OH is 1. The fraction of sp³-hybridized carbons (Fsp3) is 0.605. The number of aliphatic hydroxyl groups is 1.